The molecule has 0 aliphatic carbocycles. The van der Waals surface area contributed by atoms with Crippen molar-refractivity contribution in [3.8, 4) is 0 Å². The van der Waals surface area contributed by atoms with E-state index in [1.54, 1.807) is 27.7 Å². The molecule has 0 fully saturated rings. The minimum absolute atomic E-state index is 0.0454. The molecule has 0 heterocycles. The Bertz CT molecular complexity index is 595. The molecule has 10 heteroatoms. The van der Waals surface area contributed by atoms with Gasteiger partial charge in [0.1, 0.15) is 13.2 Å². The smallest absolute Gasteiger partial charge is 0.365 e. The van der Waals surface area contributed by atoms with E-state index < -0.39 is 34.7 Å². The maximum atomic E-state index is 11.9. The van der Waals surface area contributed by atoms with Gasteiger partial charge in [0.05, 0.1) is 13.2 Å². The first-order chi connectivity index (χ1) is 14.9. The van der Waals surface area contributed by atoms with Gasteiger partial charge in [0.2, 0.25) is 0 Å². The molecule has 0 rings (SSSR count). The highest BCUT2D eigenvalue weighted by atomic mass is 17.2. The van der Waals surface area contributed by atoms with E-state index in [1.807, 2.05) is 0 Å². The van der Waals surface area contributed by atoms with Crippen molar-refractivity contribution in [2.75, 3.05) is 26.4 Å². The van der Waals surface area contributed by atoms with Gasteiger partial charge >= 0.3 is 23.9 Å². The Labute approximate surface area is 188 Å². The summed E-state index contributed by atoms with van der Waals surface area (Å²) >= 11 is 0. The first-order valence-corrected chi connectivity index (χ1v) is 10.1. The molecule has 10 nitrogen and oxygen atoms in total. The number of unbranched alkanes of at least 4 members (excludes halogenated alkanes) is 1. The minimum atomic E-state index is -0.706. The summed E-state index contributed by atoms with van der Waals surface area (Å²) in [4.78, 5) is 64.0. The topological polar surface area (TPSA) is 124 Å². The van der Waals surface area contributed by atoms with Gasteiger partial charge in [-0.25, -0.2) is 9.59 Å². The number of ether oxygens (including phenoxy) is 2. The number of hydrogen-bond acceptors (Lipinski definition) is 10. The van der Waals surface area contributed by atoms with Crippen LogP contribution in [0.4, 0.5) is 0 Å². The van der Waals surface area contributed by atoms with Crippen molar-refractivity contribution in [2.45, 2.75) is 53.4 Å². The lowest BCUT2D eigenvalue weighted by Gasteiger charge is -2.22. The molecule has 0 spiro atoms. The molecule has 0 aromatic carbocycles. The van der Waals surface area contributed by atoms with Crippen molar-refractivity contribution in [3.05, 3.63) is 25.3 Å². The van der Waals surface area contributed by atoms with Gasteiger partial charge in [0, 0.05) is 35.8 Å². The summed E-state index contributed by atoms with van der Waals surface area (Å²) in [5, 5.41) is 0. The van der Waals surface area contributed by atoms with Crippen LogP contribution in [0.1, 0.15) is 53.4 Å². The van der Waals surface area contributed by atoms with Crippen LogP contribution in [0.3, 0.4) is 0 Å². The average Bonchev–Trinajstić information content (AvgIpc) is 2.73. The standard InChI is InChI=1S/C22H34O10/c1-7-17(23)31-29-15-21(3,4)13-27-19(25)11-9-10-12-20(26)28-14-22(5,6)16-30-32-18(24)8-2/h7-8H,1-2,9-16H2,3-6H3. The molecular formula is C22H34O10. The molecule has 32 heavy (non-hydrogen) atoms. The zero-order valence-electron chi connectivity index (χ0n) is 19.3. The SMILES string of the molecule is C=CC(=O)OOCC(C)(C)COC(=O)CCCCC(=O)OCC(C)(C)COOC(=O)C=C. The second kappa shape index (κ2) is 15.1. The van der Waals surface area contributed by atoms with Crippen molar-refractivity contribution in [2.24, 2.45) is 10.8 Å². The number of esters is 2. The third kappa shape index (κ3) is 16.0. The molecule has 0 saturated carbocycles. The fourth-order valence-electron chi connectivity index (χ4n) is 1.88. The van der Waals surface area contributed by atoms with Crippen LogP contribution in [0.25, 0.3) is 0 Å². The van der Waals surface area contributed by atoms with Gasteiger partial charge in [-0.3, -0.25) is 19.4 Å². The Balaban J connectivity index is 3.94. The highest BCUT2D eigenvalue weighted by Gasteiger charge is 2.23. The van der Waals surface area contributed by atoms with E-state index >= 15 is 0 Å². The quantitative estimate of drug-likeness (QED) is 0.106. The van der Waals surface area contributed by atoms with Gasteiger partial charge in [-0.1, -0.05) is 40.9 Å². The monoisotopic (exact) mass is 458 g/mol. The van der Waals surface area contributed by atoms with Crippen molar-refractivity contribution >= 4 is 23.9 Å². The fraction of sp³-hybridized carbons (Fsp3) is 0.636. The minimum Gasteiger partial charge on any atom is -0.465 e. The Kier molecular flexibility index (Phi) is 13.9. The lowest BCUT2D eigenvalue weighted by molar-refractivity contribution is -0.281. The summed E-state index contributed by atoms with van der Waals surface area (Å²) < 4.78 is 10.4. The number of carbonyl (C=O) groups excluding carboxylic acids is 4. The zero-order valence-corrected chi connectivity index (χ0v) is 19.3. The third-order valence-corrected chi connectivity index (χ3v) is 3.77. The highest BCUT2D eigenvalue weighted by Crippen LogP contribution is 2.18. The Morgan fingerprint density at radius 3 is 1.31 bits per heavy atom. The second-order valence-corrected chi connectivity index (χ2v) is 8.59. The molecular weight excluding hydrogens is 424 g/mol. The van der Waals surface area contributed by atoms with Crippen LogP contribution < -0.4 is 0 Å². The summed E-state index contributed by atoms with van der Waals surface area (Å²) in [6.07, 6.45) is 3.19. The molecule has 0 radical (unpaired) electrons. The lowest BCUT2D eigenvalue weighted by Crippen LogP contribution is -2.28. The van der Waals surface area contributed by atoms with Gasteiger partial charge in [-0.15, -0.1) is 0 Å². The summed E-state index contributed by atoms with van der Waals surface area (Å²) in [5.41, 5.74) is -1.11. The van der Waals surface area contributed by atoms with E-state index in [4.69, 9.17) is 19.2 Å². The maximum absolute atomic E-state index is 11.9. The van der Waals surface area contributed by atoms with Gasteiger partial charge in [0.25, 0.3) is 0 Å². The summed E-state index contributed by atoms with van der Waals surface area (Å²) in [6, 6.07) is 0. The van der Waals surface area contributed by atoms with Crippen LogP contribution in [0.5, 0.6) is 0 Å². The number of carbonyl (C=O) groups is 4. The number of rotatable bonds is 17. The van der Waals surface area contributed by atoms with Gasteiger partial charge in [-0.05, 0) is 12.8 Å². The summed E-state index contributed by atoms with van der Waals surface area (Å²) in [5.74, 6) is -2.21. The maximum Gasteiger partial charge on any atom is 0.365 e. The van der Waals surface area contributed by atoms with Crippen LogP contribution in [0.15, 0.2) is 25.3 Å². The van der Waals surface area contributed by atoms with Crippen LogP contribution in [0.2, 0.25) is 0 Å². The highest BCUT2D eigenvalue weighted by molar-refractivity contribution is 5.80. The largest absolute Gasteiger partial charge is 0.465 e. The van der Waals surface area contributed by atoms with Crippen molar-refractivity contribution in [1.82, 2.24) is 0 Å². The Hall–Kier alpha value is -2.72. The summed E-state index contributed by atoms with van der Waals surface area (Å²) in [7, 11) is 0. The molecule has 0 amide bonds. The van der Waals surface area contributed by atoms with Crippen molar-refractivity contribution in [1.29, 1.82) is 0 Å². The van der Waals surface area contributed by atoms with Crippen molar-refractivity contribution < 1.29 is 48.2 Å². The van der Waals surface area contributed by atoms with Crippen LogP contribution >= 0.6 is 0 Å². The zero-order chi connectivity index (χ0) is 24.6. The number of hydrogen-bond donors (Lipinski definition) is 0. The fourth-order valence-corrected chi connectivity index (χ4v) is 1.88. The molecule has 0 unspecified atom stereocenters. The van der Waals surface area contributed by atoms with Gasteiger partial charge in [-0.2, -0.15) is 9.78 Å². The van der Waals surface area contributed by atoms with E-state index in [2.05, 4.69) is 22.9 Å². The van der Waals surface area contributed by atoms with E-state index in [0.717, 1.165) is 12.2 Å². The third-order valence-electron chi connectivity index (χ3n) is 3.77. The average molecular weight is 459 g/mol. The molecule has 0 aliphatic heterocycles. The van der Waals surface area contributed by atoms with Crippen LogP contribution in [0, 0.1) is 10.8 Å². The first kappa shape index (κ1) is 29.3. The van der Waals surface area contributed by atoms with Crippen molar-refractivity contribution in [3.63, 3.8) is 0 Å². The van der Waals surface area contributed by atoms with E-state index in [9.17, 15) is 19.2 Å². The molecule has 0 aromatic rings. The Morgan fingerprint density at radius 1 is 0.656 bits per heavy atom. The Morgan fingerprint density at radius 2 is 1.00 bits per heavy atom. The second-order valence-electron chi connectivity index (χ2n) is 8.59. The molecule has 0 N–H and O–H groups in total. The molecule has 0 bridgehead atoms. The van der Waals surface area contributed by atoms with Crippen LogP contribution in [-0.2, 0) is 48.2 Å². The van der Waals surface area contributed by atoms with Gasteiger partial charge in [0.15, 0.2) is 0 Å². The van der Waals surface area contributed by atoms with Gasteiger partial charge < -0.3 is 9.47 Å². The predicted octanol–water partition coefficient (Wildman–Crippen LogP) is 3.01. The molecule has 0 atom stereocenters. The predicted molar refractivity (Wildman–Crippen MR) is 112 cm³/mol. The lowest BCUT2D eigenvalue weighted by atomic mass is 9.96. The molecule has 0 aliphatic rings. The van der Waals surface area contributed by atoms with E-state index in [-0.39, 0.29) is 39.3 Å². The molecule has 182 valence electrons. The molecule has 0 aromatic heterocycles. The van der Waals surface area contributed by atoms with E-state index in [1.165, 1.54) is 0 Å². The van der Waals surface area contributed by atoms with Crippen LogP contribution in [-0.4, -0.2) is 50.3 Å². The summed E-state index contributed by atoms with van der Waals surface area (Å²) in [6.45, 7) is 13.9. The normalized spacial score (nSPS) is 11.2. The first-order valence-electron chi connectivity index (χ1n) is 10.1. The van der Waals surface area contributed by atoms with E-state index in [0.29, 0.717) is 12.8 Å². The molecule has 0 saturated heterocycles.